The molecule has 30 heavy (non-hydrogen) atoms. The quantitative estimate of drug-likeness (QED) is 0.484. The van der Waals surface area contributed by atoms with Crippen molar-refractivity contribution >= 4 is 10.1 Å². The lowest BCUT2D eigenvalue weighted by Crippen LogP contribution is -1.96. The first-order valence-electron chi connectivity index (χ1n) is 8.75. The normalized spacial score (nSPS) is 10.6. The average molecular weight is 419 g/mol. The monoisotopic (exact) mass is 419 g/mol. The highest BCUT2D eigenvalue weighted by molar-refractivity contribution is 7.85. The van der Waals surface area contributed by atoms with Crippen molar-refractivity contribution < 1.29 is 13.0 Å². The number of hydrogen-bond donors (Lipinski definition) is 2. The zero-order valence-electron chi connectivity index (χ0n) is 15.9. The number of aromatic nitrogens is 4. The van der Waals surface area contributed by atoms with E-state index in [0.717, 1.165) is 16.7 Å². The Hall–Kier alpha value is -3.87. The number of benzene rings is 2. The molecule has 0 radical (unpaired) electrons. The van der Waals surface area contributed by atoms with Crippen LogP contribution in [0.1, 0.15) is 11.1 Å². The summed E-state index contributed by atoms with van der Waals surface area (Å²) in [5.74, 6) is 1.15. The number of rotatable bonds is 3. The van der Waals surface area contributed by atoms with Crippen molar-refractivity contribution in [1.82, 2.24) is 20.2 Å². The van der Waals surface area contributed by atoms with Gasteiger partial charge in [-0.05, 0) is 43.3 Å². The molecule has 0 atom stereocenters. The second-order valence-corrected chi connectivity index (χ2v) is 7.62. The van der Waals surface area contributed by atoms with E-state index in [-0.39, 0.29) is 4.90 Å². The smallest absolute Gasteiger partial charge is 0.282 e. The summed E-state index contributed by atoms with van der Waals surface area (Å²) in [6.07, 6.45) is 3.39. The largest absolute Gasteiger partial charge is 0.294 e. The van der Waals surface area contributed by atoms with Crippen LogP contribution in [0.15, 0.2) is 78.0 Å². The molecule has 2 heterocycles. The van der Waals surface area contributed by atoms with Crippen LogP contribution in [0.2, 0.25) is 0 Å². The fraction of sp³-hybridized carbons (Fsp3) is 0.0476. The van der Waals surface area contributed by atoms with Crippen molar-refractivity contribution in [1.29, 1.82) is 5.26 Å². The zero-order chi connectivity index (χ0) is 21.6. The molecular weight excluding hydrogens is 402 g/mol. The van der Waals surface area contributed by atoms with Crippen LogP contribution in [-0.2, 0) is 10.1 Å². The maximum Gasteiger partial charge on any atom is 0.294 e. The van der Waals surface area contributed by atoms with Gasteiger partial charge >= 0.3 is 0 Å². The van der Waals surface area contributed by atoms with E-state index in [1.807, 2.05) is 37.3 Å². The van der Waals surface area contributed by atoms with Crippen LogP contribution in [-0.4, -0.2) is 33.1 Å². The standard InChI is InChI=1S/C14H9N5.C7H8O3S/c15-8-10-4-1-2-6-12(10)14-17-13(18-19-14)11-5-3-7-16-9-11;1-6-2-4-7(5-3-6)11(8,9)10/h1-7,9H,(H,17,18,19);2-5H,1H3,(H,8,9,10). The van der Waals surface area contributed by atoms with Gasteiger partial charge in [0.05, 0.1) is 16.5 Å². The Balaban J connectivity index is 0.000000199. The van der Waals surface area contributed by atoms with Crippen LogP contribution >= 0.6 is 0 Å². The van der Waals surface area contributed by atoms with Crippen LogP contribution in [0.25, 0.3) is 22.8 Å². The number of nitrogens with one attached hydrogen (secondary N) is 1. The van der Waals surface area contributed by atoms with Gasteiger partial charge in [-0.3, -0.25) is 14.6 Å². The first kappa shape index (κ1) is 20.9. The molecule has 0 aliphatic rings. The molecule has 0 saturated carbocycles. The minimum absolute atomic E-state index is 0.0666. The van der Waals surface area contributed by atoms with Crippen LogP contribution in [0.4, 0.5) is 0 Å². The van der Waals surface area contributed by atoms with Crippen molar-refractivity contribution in [3.8, 4) is 28.8 Å². The minimum Gasteiger partial charge on any atom is -0.282 e. The van der Waals surface area contributed by atoms with Gasteiger partial charge in [0.1, 0.15) is 0 Å². The number of nitrogens with zero attached hydrogens (tertiary/aromatic N) is 4. The van der Waals surface area contributed by atoms with Gasteiger partial charge in [0.25, 0.3) is 10.1 Å². The van der Waals surface area contributed by atoms with E-state index >= 15 is 0 Å². The zero-order valence-corrected chi connectivity index (χ0v) is 16.7. The molecule has 0 spiro atoms. The van der Waals surface area contributed by atoms with Crippen LogP contribution < -0.4 is 0 Å². The van der Waals surface area contributed by atoms with E-state index in [1.165, 1.54) is 12.1 Å². The molecule has 0 saturated heterocycles. The lowest BCUT2D eigenvalue weighted by atomic mass is 10.1. The van der Waals surface area contributed by atoms with E-state index in [9.17, 15) is 8.42 Å². The second kappa shape index (κ2) is 9.09. The molecular formula is C21H17N5O3S. The predicted octanol–water partition coefficient (Wildman–Crippen LogP) is 3.65. The molecule has 4 rings (SSSR count). The van der Waals surface area contributed by atoms with Crippen molar-refractivity contribution in [3.05, 3.63) is 84.2 Å². The van der Waals surface area contributed by atoms with Gasteiger partial charge in [-0.15, -0.1) is 0 Å². The van der Waals surface area contributed by atoms with Gasteiger partial charge in [-0.1, -0.05) is 29.8 Å². The van der Waals surface area contributed by atoms with E-state index in [0.29, 0.717) is 17.2 Å². The van der Waals surface area contributed by atoms with Gasteiger partial charge in [-0.25, -0.2) is 4.98 Å². The molecule has 2 N–H and O–H groups in total. The first-order chi connectivity index (χ1) is 14.4. The summed E-state index contributed by atoms with van der Waals surface area (Å²) >= 11 is 0. The summed E-state index contributed by atoms with van der Waals surface area (Å²) in [5, 5.41) is 16.1. The van der Waals surface area contributed by atoms with E-state index in [1.54, 1.807) is 30.6 Å². The van der Waals surface area contributed by atoms with E-state index in [4.69, 9.17) is 9.81 Å². The van der Waals surface area contributed by atoms with Crippen LogP contribution in [0.5, 0.6) is 0 Å². The molecule has 0 amide bonds. The Morgan fingerprint density at radius 1 is 1.03 bits per heavy atom. The molecule has 2 aromatic carbocycles. The third kappa shape index (κ3) is 5.14. The Kier molecular flexibility index (Phi) is 6.32. The Labute approximate surface area is 173 Å². The summed E-state index contributed by atoms with van der Waals surface area (Å²) in [4.78, 5) is 8.37. The summed E-state index contributed by atoms with van der Waals surface area (Å²) in [6, 6.07) is 19.1. The molecule has 2 aromatic heterocycles. The van der Waals surface area contributed by atoms with E-state index < -0.39 is 10.1 Å². The first-order valence-corrected chi connectivity index (χ1v) is 10.2. The molecule has 9 heteroatoms. The number of pyridine rings is 1. The Morgan fingerprint density at radius 3 is 2.40 bits per heavy atom. The molecule has 0 aliphatic carbocycles. The average Bonchev–Trinajstić information content (AvgIpc) is 3.25. The Morgan fingerprint density at radius 2 is 1.77 bits per heavy atom. The summed E-state index contributed by atoms with van der Waals surface area (Å²) in [7, 11) is -4.02. The van der Waals surface area contributed by atoms with Gasteiger partial charge in [-0.2, -0.15) is 18.8 Å². The topological polar surface area (TPSA) is 133 Å². The summed E-state index contributed by atoms with van der Waals surface area (Å²) in [6.45, 7) is 1.84. The molecule has 150 valence electrons. The third-order valence-electron chi connectivity index (χ3n) is 4.03. The molecule has 4 aromatic rings. The number of H-pyrrole nitrogens is 1. The fourth-order valence-corrected chi connectivity index (χ4v) is 2.98. The highest BCUT2D eigenvalue weighted by Gasteiger charge is 2.10. The Bertz CT molecular complexity index is 1280. The highest BCUT2D eigenvalue weighted by Crippen LogP contribution is 2.22. The van der Waals surface area contributed by atoms with Crippen molar-refractivity contribution in [2.24, 2.45) is 0 Å². The number of hydrogen-bond acceptors (Lipinski definition) is 6. The lowest BCUT2D eigenvalue weighted by Gasteiger charge is -1.97. The molecule has 0 unspecified atom stereocenters. The number of nitriles is 1. The van der Waals surface area contributed by atoms with Crippen LogP contribution in [0.3, 0.4) is 0 Å². The highest BCUT2D eigenvalue weighted by atomic mass is 32.2. The van der Waals surface area contributed by atoms with Gasteiger partial charge in [0.2, 0.25) is 0 Å². The maximum absolute atomic E-state index is 10.5. The predicted molar refractivity (Wildman–Crippen MR) is 111 cm³/mol. The minimum atomic E-state index is -4.02. The van der Waals surface area contributed by atoms with E-state index in [2.05, 4.69) is 26.2 Å². The summed E-state index contributed by atoms with van der Waals surface area (Å²) in [5.41, 5.74) is 3.10. The lowest BCUT2D eigenvalue weighted by molar-refractivity contribution is 0.483. The van der Waals surface area contributed by atoms with Gasteiger partial charge in [0, 0.05) is 23.5 Å². The molecule has 8 nitrogen and oxygen atoms in total. The van der Waals surface area contributed by atoms with Gasteiger partial charge < -0.3 is 0 Å². The van der Waals surface area contributed by atoms with Crippen molar-refractivity contribution in [2.45, 2.75) is 11.8 Å². The maximum atomic E-state index is 10.5. The molecule has 0 aliphatic heterocycles. The number of aryl methyl sites for hydroxylation is 1. The van der Waals surface area contributed by atoms with Crippen LogP contribution in [0, 0.1) is 18.3 Å². The SMILES string of the molecule is Cc1ccc(S(=O)(=O)O)cc1.N#Cc1ccccc1-c1nc(-c2cccnc2)n[nH]1. The number of aromatic amines is 1. The van der Waals surface area contributed by atoms with Crippen molar-refractivity contribution in [2.75, 3.05) is 0 Å². The molecule has 0 fully saturated rings. The fourth-order valence-electron chi connectivity index (χ4n) is 2.50. The van der Waals surface area contributed by atoms with Gasteiger partial charge in [0.15, 0.2) is 11.6 Å². The molecule has 0 bridgehead atoms. The second-order valence-electron chi connectivity index (χ2n) is 6.19. The third-order valence-corrected chi connectivity index (χ3v) is 4.89. The summed E-state index contributed by atoms with van der Waals surface area (Å²) < 4.78 is 29.6. The van der Waals surface area contributed by atoms with Crippen molar-refractivity contribution in [3.63, 3.8) is 0 Å².